The molecule has 0 bridgehead atoms. The van der Waals surface area contributed by atoms with Gasteiger partial charge in [0.2, 0.25) is 0 Å². The highest BCUT2D eigenvalue weighted by molar-refractivity contribution is 8.26. The predicted octanol–water partition coefficient (Wildman–Crippen LogP) is 3.00. The average molecular weight is 504 g/mol. The molecule has 1 heterocycles. The Kier molecular flexibility index (Phi) is 7.48. The molecule has 0 saturated carbocycles. The zero-order valence-corrected chi connectivity index (χ0v) is 19.3. The molecule has 176 valence electrons. The Morgan fingerprint density at radius 3 is 2.50 bits per heavy atom. The van der Waals surface area contributed by atoms with Gasteiger partial charge >= 0.3 is 5.97 Å². The van der Waals surface area contributed by atoms with Crippen LogP contribution < -0.4 is 14.9 Å². The van der Waals surface area contributed by atoms with Gasteiger partial charge in [-0.1, -0.05) is 17.8 Å². The molecule has 1 atom stereocenters. The number of thiocarbonyl (C=S) groups is 1. The Morgan fingerprint density at radius 1 is 1.24 bits per heavy atom. The number of nitrogens with one attached hydrogen (secondary N) is 1. The Bertz CT molecular complexity index is 1210. The number of ether oxygens (including phenoxy) is 2. The minimum Gasteiger partial charge on any atom is -0.493 e. The van der Waals surface area contributed by atoms with Crippen LogP contribution in [0.25, 0.3) is 6.08 Å². The molecule has 0 aliphatic carbocycles. The Hall–Kier alpha value is -3.97. The van der Waals surface area contributed by atoms with Gasteiger partial charge in [-0.25, -0.2) is 4.79 Å². The number of carboxylic acids is 1. The minimum absolute atomic E-state index is 0.0914. The predicted molar refractivity (Wildman–Crippen MR) is 126 cm³/mol. The maximum absolute atomic E-state index is 12.8. The summed E-state index contributed by atoms with van der Waals surface area (Å²) in [5.74, 6) is -1.88. The molecule has 2 aromatic rings. The molecule has 2 amide bonds. The lowest BCUT2D eigenvalue weighted by atomic mass is 10.2. The highest BCUT2D eigenvalue weighted by Crippen LogP contribution is 2.34. The summed E-state index contributed by atoms with van der Waals surface area (Å²) in [6.07, 6.45) is 0.444. The van der Waals surface area contributed by atoms with Crippen LogP contribution in [0.4, 0.5) is 5.69 Å². The van der Waals surface area contributed by atoms with Crippen molar-refractivity contribution in [3.05, 3.63) is 68.6 Å². The third-order valence-electron chi connectivity index (χ3n) is 4.48. The van der Waals surface area contributed by atoms with E-state index in [9.17, 15) is 24.5 Å². The molecule has 1 saturated heterocycles. The molecule has 1 unspecified atom stereocenters. The standard InChI is InChI=1S/C21H17N3O8S2/c1-11(20(27)28)32-15-8-3-12(9-16(15)31-2)10-17-19(26)23(21(33)34-17)22-18(25)13-4-6-14(7-5-13)24(29)30/h3-11H,1-2H3,(H,22,25)(H,27,28)/b17-10+. The third-order valence-corrected chi connectivity index (χ3v) is 5.79. The number of methoxy groups -OCH3 is 1. The number of benzene rings is 2. The average Bonchev–Trinajstić information content (AvgIpc) is 3.07. The fourth-order valence-electron chi connectivity index (χ4n) is 2.73. The fourth-order valence-corrected chi connectivity index (χ4v) is 3.91. The number of hydrogen-bond acceptors (Lipinski definition) is 9. The first-order chi connectivity index (χ1) is 16.1. The van der Waals surface area contributed by atoms with Gasteiger partial charge in [0.15, 0.2) is 21.9 Å². The molecule has 13 heteroatoms. The van der Waals surface area contributed by atoms with Crippen molar-refractivity contribution in [2.24, 2.45) is 0 Å². The van der Waals surface area contributed by atoms with Crippen molar-refractivity contribution in [3.63, 3.8) is 0 Å². The Balaban J connectivity index is 1.75. The maximum atomic E-state index is 12.8. The van der Waals surface area contributed by atoms with E-state index in [0.29, 0.717) is 5.56 Å². The number of nitro groups is 1. The van der Waals surface area contributed by atoms with Crippen LogP contribution in [-0.4, -0.2) is 50.4 Å². The first-order valence-corrected chi connectivity index (χ1v) is 10.7. The van der Waals surface area contributed by atoms with Crippen LogP contribution in [0.5, 0.6) is 11.5 Å². The molecular weight excluding hydrogens is 486 g/mol. The van der Waals surface area contributed by atoms with Crippen molar-refractivity contribution in [2.45, 2.75) is 13.0 Å². The lowest BCUT2D eigenvalue weighted by molar-refractivity contribution is -0.384. The van der Waals surface area contributed by atoms with E-state index >= 15 is 0 Å². The van der Waals surface area contributed by atoms with E-state index in [-0.39, 0.29) is 32.0 Å². The van der Waals surface area contributed by atoms with Gasteiger partial charge in [-0.2, -0.15) is 5.01 Å². The Labute approximate surface area is 202 Å². The molecule has 1 fully saturated rings. The number of nitro benzene ring substituents is 1. The normalized spacial score (nSPS) is 15.2. The monoisotopic (exact) mass is 503 g/mol. The zero-order chi connectivity index (χ0) is 25.0. The summed E-state index contributed by atoms with van der Waals surface area (Å²) in [7, 11) is 1.39. The molecular formula is C21H17N3O8S2. The number of hydrogen-bond donors (Lipinski definition) is 2. The van der Waals surface area contributed by atoms with Crippen molar-refractivity contribution >= 4 is 57.8 Å². The number of nitrogens with zero attached hydrogens (tertiary/aromatic N) is 2. The van der Waals surface area contributed by atoms with Crippen molar-refractivity contribution in [1.82, 2.24) is 10.4 Å². The van der Waals surface area contributed by atoms with E-state index < -0.39 is 28.8 Å². The van der Waals surface area contributed by atoms with Crippen LogP contribution in [0.15, 0.2) is 47.4 Å². The second-order valence-electron chi connectivity index (χ2n) is 6.77. The highest BCUT2D eigenvalue weighted by Gasteiger charge is 2.34. The Morgan fingerprint density at radius 2 is 1.91 bits per heavy atom. The summed E-state index contributed by atoms with van der Waals surface area (Å²) in [5, 5.41) is 20.7. The van der Waals surface area contributed by atoms with Gasteiger partial charge in [0, 0.05) is 17.7 Å². The quantitative estimate of drug-likeness (QED) is 0.238. The van der Waals surface area contributed by atoms with Gasteiger partial charge in [-0.3, -0.25) is 25.1 Å². The van der Waals surface area contributed by atoms with Crippen LogP contribution >= 0.6 is 24.0 Å². The first kappa shape index (κ1) is 24.7. The maximum Gasteiger partial charge on any atom is 0.344 e. The second kappa shape index (κ2) is 10.3. The van der Waals surface area contributed by atoms with Gasteiger partial charge in [0.05, 0.1) is 16.9 Å². The summed E-state index contributed by atoms with van der Waals surface area (Å²) in [6.45, 7) is 1.38. The summed E-state index contributed by atoms with van der Waals surface area (Å²) < 4.78 is 10.7. The van der Waals surface area contributed by atoms with E-state index in [0.717, 1.165) is 16.8 Å². The van der Waals surface area contributed by atoms with Gasteiger partial charge in [-0.15, -0.1) is 0 Å². The topological polar surface area (TPSA) is 148 Å². The van der Waals surface area contributed by atoms with Crippen LogP contribution in [-0.2, 0) is 9.59 Å². The molecule has 0 spiro atoms. The SMILES string of the molecule is COc1cc(/C=C2/SC(=S)N(NC(=O)c3ccc([N+](=O)[O-])cc3)C2=O)ccc1OC(C)C(=O)O. The molecule has 0 radical (unpaired) electrons. The fraction of sp³-hybridized carbons (Fsp3) is 0.143. The van der Waals surface area contributed by atoms with Crippen LogP contribution in [0.3, 0.4) is 0 Å². The van der Waals surface area contributed by atoms with Crippen molar-refractivity contribution in [3.8, 4) is 11.5 Å². The molecule has 1 aliphatic heterocycles. The van der Waals surface area contributed by atoms with Crippen LogP contribution in [0.2, 0.25) is 0 Å². The number of rotatable bonds is 8. The molecule has 11 nitrogen and oxygen atoms in total. The number of non-ortho nitro benzene ring substituents is 1. The van der Waals surface area contributed by atoms with Crippen molar-refractivity contribution < 1.29 is 33.9 Å². The van der Waals surface area contributed by atoms with Crippen LogP contribution in [0.1, 0.15) is 22.8 Å². The van der Waals surface area contributed by atoms with Gasteiger partial charge in [-0.05, 0) is 55.0 Å². The van der Waals surface area contributed by atoms with Gasteiger partial charge < -0.3 is 14.6 Å². The first-order valence-electron chi connectivity index (χ1n) is 9.51. The van der Waals surface area contributed by atoms with Crippen molar-refractivity contribution in [2.75, 3.05) is 7.11 Å². The highest BCUT2D eigenvalue weighted by atomic mass is 32.2. The van der Waals surface area contributed by atoms with Crippen LogP contribution in [0, 0.1) is 10.1 Å². The molecule has 2 aromatic carbocycles. The smallest absolute Gasteiger partial charge is 0.344 e. The van der Waals surface area contributed by atoms with E-state index in [1.54, 1.807) is 12.1 Å². The summed E-state index contributed by atoms with van der Waals surface area (Å²) >= 11 is 6.17. The molecule has 3 rings (SSSR count). The lowest BCUT2D eigenvalue weighted by Crippen LogP contribution is -2.44. The van der Waals surface area contributed by atoms with E-state index in [1.807, 2.05) is 0 Å². The number of carboxylic acid groups (broad SMARTS) is 1. The summed E-state index contributed by atoms with van der Waals surface area (Å²) in [6, 6.07) is 9.57. The molecule has 34 heavy (non-hydrogen) atoms. The molecule has 0 aromatic heterocycles. The number of aliphatic carboxylic acids is 1. The van der Waals surface area contributed by atoms with Gasteiger partial charge in [0.25, 0.3) is 17.5 Å². The second-order valence-corrected chi connectivity index (χ2v) is 8.45. The third kappa shape index (κ3) is 5.50. The number of carbonyl (C=O) groups is 3. The van der Waals surface area contributed by atoms with E-state index in [4.69, 9.17) is 26.8 Å². The lowest BCUT2D eigenvalue weighted by Gasteiger charge is -2.15. The van der Waals surface area contributed by atoms with Crippen molar-refractivity contribution in [1.29, 1.82) is 0 Å². The number of thioether (sulfide) groups is 1. The number of amides is 2. The minimum atomic E-state index is -1.13. The zero-order valence-electron chi connectivity index (χ0n) is 17.7. The summed E-state index contributed by atoms with van der Waals surface area (Å²) in [4.78, 5) is 46.7. The van der Waals surface area contributed by atoms with E-state index in [1.165, 1.54) is 50.4 Å². The number of carbonyl (C=O) groups excluding carboxylic acids is 2. The molecule has 2 N–H and O–H groups in total. The van der Waals surface area contributed by atoms with E-state index in [2.05, 4.69) is 5.43 Å². The summed E-state index contributed by atoms with van der Waals surface area (Å²) in [5.41, 5.74) is 2.88. The largest absolute Gasteiger partial charge is 0.493 e. The number of hydrazine groups is 1. The molecule has 1 aliphatic rings. The van der Waals surface area contributed by atoms with Gasteiger partial charge in [0.1, 0.15) is 0 Å².